The van der Waals surface area contributed by atoms with Gasteiger partial charge in [-0.05, 0) is 19.1 Å². The van der Waals surface area contributed by atoms with Gasteiger partial charge in [0.1, 0.15) is 5.75 Å². The Morgan fingerprint density at radius 2 is 2.13 bits per heavy atom. The summed E-state index contributed by atoms with van der Waals surface area (Å²) in [5.74, 6) is -0.917. The van der Waals surface area contributed by atoms with Crippen LogP contribution in [0.3, 0.4) is 0 Å². The van der Waals surface area contributed by atoms with Crippen molar-refractivity contribution in [3.05, 3.63) is 29.8 Å². The molecule has 0 heterocycles. The monoisotopic (exact) mass is 209 g/mol. The summed E-state index contributed by atoms with van der Waals surface area (Å²) < 4.78 is 4.66. The van der Waals surface area contributed by atoms with E-state index in [-0.39, 0.29) is 23.6 Å². The third-order valence-electron chi connectivity index (χ3n) is 1.73. The first-order valence-electron chi connectivity index (χ1n) is 4.38. The molecule has 0 unspecified atom stereocenters. The zero-order valence-electron chi connectivity index (χ0n) is 8.17. The van der Waals surface area contributed by atoms with Gasteiger partial charge in [-0.3, -0.25) is 0 Å². The summed E-state index contributed by atoms with van der Waals surface area (Å²) in [4.78, 5) is 11.3. The van der Waals surface area contributed by atoms with E-state index in [9.17, 15) is 9.90 Å². The van der Waals surface area contributed by atoms with Crippen molar-refractivity contribution in [2.45, 2.75) is 6.92 Å². The Kier molecular flexibility index (Phi) is 3.68. The minimum atomic E-state index is -0.776. The maximum Gasteiger partial charge on any atom is 0.361 e. The molecule has 1 aromatic rings. The van der Waals surface area contributed by atoms with Crippen LogP contribution < -0.4 is 0 Å². The molecular weight excluding hydrogens is 198 g/mol. The van der Waals surface area contributed by atoms with Crippen molar-refractivity contribution < 1.29 is 19.8 Å². The van der Waals surface area contributed by atoms with Crippen LogP contribution >= 0.6 is 0 Å². The van der Waals surface area contributed by atoms with Gasteiger partial charge in [-0.15, -0.1) is 0 Å². The van der Waals surface area contributed by atoms with Crippen molar-refractivity contribution in [3.63, 3.8) is 0 Å². The molecule has 5 nitrogen and oxygen atoms in total. The second kappa shape index (κ2) is 4.99. The topological polar surface area (TPSA) is 79.1 Å². The van der Waals surface area contributed by atoms with Gasteiger partial charge in [-0.1, -0.05) is 17.3 Å². The number of nitrogens with zero attached hydrogens (tertiary/aromatic N) is 1. The van der Waals surface area contributed by atoms with Crippen LogP contribution in [0, 0.1) is 0 Å². The van der Waals surface area contributed by atoms with E-state index >= 15 is 0 Å². The number of oxime groups is 1. The van der Waals surface area contributed by atoms with Crippen LogP contribution in [0.1, 0.15) is 12.5 Å². The van der Waals surface area contributed by atoms with Gasteiger partial charge in [0.05, 0.1) is 12.2 Å². The number of rotatable bonds is 3. The van der Waals surface area contributed by atoms with Crippen molar-refractivity contribution in [3.8, 4) is 5.75 Å². The first-order valence-corrected chi connectivity index (χ1v) is 4.38. The minimum absolute atomic E-state index is 0.137. The van der Waals surface area contributed by atoms with E-state index in [0.717, 1.165) is 0 Å². The van der Waals surface area contributed by atoms with E-state index in [1.165, 1.54) is 12.1 Å². The Morgan fingerprint density at radius 1 is 1.47 bits per heavy atom. The highest BCUT2D eigenvalue weighted by Gasteiger charge is 2.18. The van der Waals surface area contributed by atoms with E-state index in [4.69, 9.17) is 5.21 Å². The van der Waals surface area contributed by atoms with Crippen molar-refractivity contribution in [2.24, 2.45) is 5.16 Å². The van der Waals surface area contributed by atoms with Crippen LogP contribution in [0.4, 0.5) is 0 Å². The normalized spacial score (nSPS) is 11.1. The highest BCUT2D eigenvalue weighted by atomic mass is 16.5. The summed E-state index contributed by atoms with van der Waals surface area (Å²) in [5, 5.41) is 20.9. The molecule has 0 atom stereocenters. The molecular formula is C10H11NO4. The van der Waals surface area contributed by atoms with Crippen LogP contribution in [0.25, 0.3) is 0 Å². The molecule has 0 spiro atoms. The number of esters is 1. The van der Waals surface area contributed by atoms with E-state index in [1.54, 1.807) is 19.1 Å². The molecule has 0 aromatic heterocycles. The van der Waals surface area contributed by atoms with Crippen LogP contribution in [0.15, 0.2) is 29.4 Å². The first-order chi connectivity index (χ1) is 7.20. The maximum atomic E-state index is 11.3. The number of benzene rings is 1. The van der Waals surface area contributed by atoms with Crippen LogP contribution in [0.5, 0.6) is 5.75 Å². The maximum absolute atomic E-state index is 11.3. The third-order valence-corrected chi connectivity index (χ3v) is 1.73. The number of phenolic OH excluding ortho intramolecular Hbond substituents is 1. The second-order valence-corrected chi connectivity index (χ2v) is 2.69. The molecule has 2 N–H and O–H groups in total. The fourth-order valence-electron chi connectivity index (χ4n) is 1.08. The number of carbonyl (C=O) groups is 1. The van der Waals surface area contributed by atoms with Gasteiger partial charge in [-0.25, -0.2) is 4.79 Å². The summed E-state index contributed by atoms with van der Waals surface area (Å²) in [6, 6.07) is 6.06. The van der Waals surface area contributed by atoms with Gasteiger partial charge in [0.25, 0.3) is 0 Å². The molecule has 0 fully saturated rings. The van der Waals surface area contributed by atoms with E-state index in [0.29, 0.717) is 0 Å². The molecule has 1 rings (SSSR count). The molecule has 0 aliphatic rings. The van der Waals surface area contributed by atoms with Crippen molar-refractivity contribution in [1.29, 1.82) is 0 Å². The lowest BCUT2D eigenvalue weighted by Crippen LogP contribution is -2.18. The van der Waals surface area contributed by atoms with E-state index in [1.807, 2.05) is 0 Å². The van der Waals surface area contributed by atoms with Gasteiger partial charge < -0.3 is 15.1 Å². The standard InChI is InChI=1S/C10H11NO4/c1-2-15-10(13)9(11-14)7-5-3-4-6-8(7)12/h3-6,12,14H,2H2,1H3. The lowest BCUT2D eigenvalue weighted by atomic mass is 10.1. The molecule has 0 saturated heterocycles. The molecule has 0 aliphatic heterocycles. The van der Waals surface area contributed by atoms with Crippen LogP contribution in [-0.4, -0.2) is 28.6 Å². The lowest BCUT2D eigenvalue weighted by Gasteiger charge is -2.05. The molecule has 0 radical (unpaired) electrons. The zero-order valence-corrected chi connectivity index (χ0v) is 8.17. The number of ether oxygens (including phenoxy) is 1. The fraction of sp³-hybridized carbons (Fsp3) is 0.200. The number of aromatic hydroxyl groups is 1. The summed E-state index contributed by atoms with van der Waals surface area (Å²) in [7, 11) is 0. The van der Waals surface area contributed by atoms with Crippen LogP contribution in [-0.2, 0) is 9.53 Å². The van der Waals surface area contributed by atoms with Crippen molar-refractivity contribution >= 4 is 11.7 Å². The molecule has 80 valence electrons. The van der Waals surface area contributed by atoms with Gasteiger partial charge in [-0.2, -0.15) is 0 Å². The Morgan fingerprint density at radius 3 is 2.67 bits per heavy atom. The summed E-state index contributed by atoms with van der Waals surface area (Å²) in [6.07, 6.45) is 0. The highest BCUT2D eigenvalue weighted by Crippen LogP contribution is 2.17. The van der Waals surface area contributed by atoms with Gasteiger partial charge >= 0.3 is 5.97 Å². The van der Waals surface area contributed by atoms with E-state index in [2.05, 4.69) is 9.89 Å². The average molecular weight is 209 g/mol. The largest absolute Gasteiger partial charge is 0.507 e. The fourth-order valence-corrected chi connectivity index (χ4v) is 1.08. The Balaban J connectivity index is 3.04. The van der Waals surface area contributed by atoms with Gasteiger partial charge in [0.15, 0.2) is 5.71 Å². The quantitative estimate of drug-likeness (QED) is 0.338. The number of para-hydroxylation sites is 1. The molecule has 0 bridgehead atoms. The summed E-state index contributed by atoms with van der Waals surface area (Å²) in [5.41, 5.74) is -0.173. The smallest absolute Gasteiger partial charge is 0.361 e. The summed E-state index contributed by atoms with van der Waals surface area (Å²) in [6.45, 7) is 1.81. The van der Waals surface area contributed by atoms with Crippen molar-refractivity contribution in [2.75, 3.05) is 6.61 Å². The molecule has 0 amide bonds. The second-order valence-electron chi connectivity index (χ2n) is 2.69. The predicted octanol–water partition coefficient (Wildman–Crippen LogP) is 1.13. The summed E-state index contributed by atoms with van der Waals surface area (Å²) >= 11 is 0. The first kappa shape index (κ1) is 11.0. The molecule has 5 heteroatoms. The number of carbonyl (C=O) groups excluding carboxylic acids is 1. The number of hydrogen-bond donors (Lipinski definition) is 2. The van der Waals surface area contributed by atoms with Crippen LogP contribution in [0.2, 0.25) is 0 Å². The molecule has 0 saturated carbocycles. The van der Waals surface area contributed by atoms with Crippen molar-refractivity contribution in [1.82, 2.24) is 0 Å². The number of hydrogen-bond acceptors (Lipinski definition) is 5. The third kappa shape index (κ3) is 2.46. The Hall–Kier alpha value is -2.04. The minimum Gasteiger partial charge on any atom is -0.507 e. The van der Waals surface area contributed by atoms with Gasteiger partial charge in [0.2, 0.25) is 0 Å². The lowest BCUT2D eigenvalue weighted by molar-refractivity contribution is -0.135. The molecule has 0 aliphatic carbocycles. The van der Waals surface area contributed by atoms with E-state index < -0.39 is 5.97 Å². The Labute approximate surface area is 86.6 Å². The van der Waals surface area contributed by atoms with Gasteiger partial charge in [0, 0.05) is 0 Å². The Bertz CT molecular complexity index is 387. The highest BCUT2D eigenvalue weighted by molar-refractivity contribution is 6.43. The predicted molar refractivity (Wildman–Crippen MR) is 53.1 cm³/mol. The molecule has 15 heavy (non-hydrogen) atoms. The SMILES string of the molecule is CCOC(=O)C(=NO)c1ccccc1O. The molecule has 1 aromatic carbocycles. The average Bonchev–Trinajstić information content (AvgIpc) is 2.22. The number of phenols is 1. The zero-order chi connectivity index (χ0) is 11.3.